The molecule has 0 spiro atoms. The second-order valence-corrected chi connectivity index (χ2v) is 6.49. The first-order chi connectivity index (χ1) is 8.63. The fourth-order valence-corrected chi connectivity index (χ4v) is 2.59. The highest BCUT2D eigenvalue weighted by atomic mass is 79.9. The summed E-state index contributed by atoms with van der Waals surface area (Å²) in [6, 6.07) is 8.80. The zero-order valence-electron chi connectivity index (χ0n) is 10.5. The van der Waals surface area contributed by atoms with E-state index in [2.05, 4.69) is 69.6 Å². The summed E-state index contributed by atoms with van der Waals surface area (Å²) in [6.07, 6.45) is 0.854. The molecule has 0 saturated carbocycles. The van der Waals surface area contributed by atoms with E-state index in [-0.39, 0.29) is 0 Å². The first-order valence-electron chi connectivity index (χ1n) is 5.92. The van der Waals surface area contributed by atoms with Crippen molar-refractivity contribution in [1.29, 1.82) is 0 Å². The summed E-state index contributed by atoms with van der Waals surface area (Å²) in [5.41, 5.74) is 1.26. The molecule has 0 aliphatic carbocycles. The number of hydrogen-bond acceptors (Lipinski definition) is 4. The number of aromatic nitrogens is 2. The maximum absolute atomic E-state index is 4.23. The molecule has 2 rings (SSSR count). The van der Waals surface area contributed by atoms with Crippen molar-refractivity contribution in [3.63, 3.8) is 0 Å². The molecule has 96 valence electrons. The summed E-state index contributed by atoms with van der Waals surface area (Å²) in [4.78, 5) is 0. The van der Waals surface area contributed by atoms with Gasteiger partial charge in [0.15, 0.2) is 0 Å². The summed E-state index contributed by atoms with van der Waals surface area (Å²) >= 11 is 5.11. The standard InChI is InChI=1S/C13H16BrN3S/c1-9(2)15-8-13-17-16-12(18-13)7-10-3-5-11(14)6-4-10/h3-6,9,15H,7-8H2,1-2H3. The van der Waals surface area contributed by atoms with Crippen molar-refractivity contribution in [1.82, 2.24) is 15.5 Å². The smallest absolute Gasteiger partial charge is 0.131 e. The Bertz CT molecular complexity index is 493. The van der Waals surface area contributed by atoms with Crippen LogP contribution in [0.25, 0.3) is 0 Å². The van der Waals surface area contributed by atoms with Crippen LogP contribution in [0.15, 0.2) is 28.7 Å². The van der Waals surface area contributed by atoms with E-state index < -0.39 is 0 Å². The number of hydrogen-bond donors (Lipinski definition) is 1. The first-order valence-corrected chi connectivity index (χ1v) is 7.53. The Hall–Kier alpha value is -0.780. The lowest BCUT2D eigenvalue weighted by Crippen LogP contribution is -2.21. The fourth-order valence-electron chi connectivity index (χ4n) is 1.50. The minimum atomic E-state index is 0.476. The third-order valence-electron chi connectivity index (χ3n) is 2.44. The number of halogens is 1. The summed E-state index contributed by atoms with van der Waals surface area (Å²) in [6.45, 7) is 5.06. The molecule has 0 amide bonds. The molecule has 1 aromatic heterocycles. The van der Waals surface area contributed by atoms with Crippen LogP contribution in [0, 0.1) is 0 Å². The minimum Gasteiger partial charge on any atom is -0.308 e. The second kappa shape index (κ2) is 6.41. The first kappa shape index (κ1) is 13.6. The normalized spacial score (nSPS) is 11.1. The van der Waals surface area contributed by atoms with Gasteiger partial charge < -0.3 is 5.32 Å². The van der Waals surface area contributed by atoms with Crippen LogP contribution in [-0.2, 0) is 13.0 Å². The molecule has 0 aliphatic heterocycles. The molecular weight excluding hydrogens is 310 g/mol. The summed E-state index contributed by atoms with van der Waals surface area (Å²) in [7, 11) is 0. The van der Waals surface area contributed by atoms with Crippen molar-refractivity contribution in [3.05, 3.63) is 44.3 Å². The lowest BCUT2D eigenvalue weighted by Gasteiger charge is -2.03. The highest BCUT2D eigenvalue weighted by Crippen LogP contribution is 2.17. The summed E-state index contributed by atoms with van der Waals surface area (Å²) in [5.74, 6) is 0. The Morgan fingerprint density at radius 3 is 2.50 bits per heavy atom. The zero-order chi connectivity index (χ0) is 13.0. The molecule has 0 aliphatic rings. The third-order valence-corrected chi connectivity index (χ3v) is 3.89. The Kier molecular flexibility index (Phi) is 4.86. The van der Waals surface area contributed by atoms with Crippen LogP contribution in [0.5, 0.6) is 0 Å². The SMILES string of the molecule is CC(C)NCc1nnc(Cc2ccc(Br)cc2)s1. The Morgan fingerprint density at radius 1 is 1.17 bits per heavy atom. The van der Waals surface area contributed by atoms with E-state index in [0.29, 0.717) is 6.04 Å². The van der Waals surface area contributed by atoms with E-state index in [9.17, 15) is 0 Å². The van der Waals surface area contributed by atoms with Crippen molar-refractivity contribution in [2.45, 2.75) is 32.9 Å². The van der Waals surface area contributed by atoms with E-state index in [1.165, 1.54) is 5.56 Å². The summed E-state index contributed by atoms with van der Waals surface area (Å²) < 4.78 is 1.10. The average Bonchev–Trinajstić information content (AvgIpc) is 2.77. The molecule has 0 radical (unpaired) electrons. The molecule has 1 heterocycles. The Balaban J connectivity index is 1.95. The lowest BCUT2D eigenvalue weighted by molar-refractivity contribution is 0.584. The summed E-state index contributed by atoms with van der Waals surface area (Å²) in [5, 5.41) is 13.9. The van der Waals surface area contributed by atoms with Crippen molar-refractivity contribution in [2.24, 2.45) is 0 Å². The predicted molar refractivity (Wildman–Crippen MR) is 78.8 cm³/mol. The fraction of sp³-hybridized carbons (Fsp3) is 0.385. The maximum Gasteiger partial charge on any atom is 0.131 e. The second-order valence-electron chi connectivity index (χ2n) is 4.43. The predicted octanol–water partition coefficient (Wildman–Crippen LogP) is 3.39. The molecule has 0 unspecified atom stereocenters. The Morgan fingerprint density at radius 2 is 1.83 bits per heavy atom. The van der Waals surface area contributed by atoms with Gasteiger partial charge in [-0.25, -0.2) is 0 Å². The van der Waals surface area contributed by atoms with Gasteiger partial charge in [-0.2, -0.15) is 0 Å². The van der Waals surface area contributed by atoms with E-state index in [1.807, 2.05) is 0 Å². The molecule has 0 saturated heterocycles. The van der Waals surface area contributed by atoms with Crippen LogP contribution in [0.2, 0.25) is 0 Å². The quantitative estimate of drug-likeness (QED) is 0.915. The van der Waals surface area contributed by atoms with Gasteiger partial charge >= 0.3 is 0 Å². The van der Waals surface area contributed by atoms with Gasteiger partial charge in [0, 0.05) is 23.5 Å². The highest BCUT2D eigenvalue weighted by molar-refractivity contribution is 9.10. The largest absolute Gasteiger partial charge is 0.308 e. The van der Waals surface area contributed by atoms with Gasteiger partial charge in [-0.05, 0) is 17.7 Å². The Labute approximate surface area is 120 Å². The van der Waals surface area contributed by atoms with E-state index in [0.717, 1.165) is 27.5 Å². The van der Waals surface area contributed by atoms with Gasteiger partial charge in [0.05, 0.1) is 0 Å². The van der Waals surface area contributed by atoms with Crippen molar-refractivity contribution in [2.75, 3.05) is 0 Å². The van der Waals surface area contributed by atoms with Gasteiger partial charge in [-0.3, -0.25) is 0 Å². The van der Waals surface area contributed by atoms with Gasteiger partial charge in [-0.15, -0.1) is 10.2 Å². The van der Waals surface area contributed by atoms with Crippen molar-refractivity contribution >= 4 is 27.3 Å². The molecule has 0 bridgehead atoms. The molecule has 0 atom stereocenters. The maximum atomic E-state index is 4.23. The molecule has 1 aromatic carbocycles. The molecular formula is C13H16BrN3S. The number of nitrogens with one attached hydrogen (secondary N) is 1. The molecule has 5 heteroatoms. The van der Waals surface area contributed by atoms with E-state index in [4.69, 9.17) is 0 Å². The topological polar surface area (TPSA) is 37.8 Å². The van der Waals surface area contributed by atoms with E-state index >= 15 is 0 Å². The number of nitrogens with zero attached hydrogens (tertiary/aromatic N) is 2. The highest BCUT2D eigenvalue weighted by Gasteiger charge is 2.05. The van der Waals surface area contributed by atoms with Crippen molar-refractivity contribution in [3.8, 4) is 0 Å². The van der Waals surface area contributed by atoms with Crippen LogP contribution in [0.3, 0.4) is 0 Å². The third kappa shape index (κ3) is 4.15. The zero-order valence-corrected chi connectivity index (χ0v) is 12.9. The minimum absolute atomic E-state index is 0.476. The average molecular weight is 326 g/mol. The lowest BCUT2D eigenvalue weighted by atomic mass is 10.2. The van der Waals surface area contributed by atoms with Gasteiger partial charge in [0.1, 0.15) is 10.0 Å². The van der Waals surface area contributed by atoms with Gasteiger partial charge in [-0.1, -0.05) is 53.2 Å². The van der Waals surface area contributed by atoms with Crippen LogP contribution in [0.1, 0.15) is 29.4 Å². The van der Waals surface area contributed by atoms with E-state index in [1.54, 1.807) is 11.3 Å². The molecule has 0 fully saturated rings. The molecule has 3 nitrogen and oxygen atoms in total. The van der Waals surface area contributed by atoms with Gasteiger partial charge in [0.2, 0.25) is 0 Å². The molecule has 2 aromatic rings. The monoisotopic (exact) mass is 325 g/mol. The van der Waals surface area contributed by atoms with Crippen LogP contribution >= 0.6 is 27.3 Å². The number of rotatable bonds is 5. The number of benzene rings is 1. The molecule has 1 N–H and O–H groups in total. The van der Waals surface area contributed by atoms with Crippen LogP contribution in [0.4, 0.5) is 0 Å². The molecule has 18 heavy (non-hydrogen) atoms. The van der Waals surface area contributed by atoms with Crippen LogP contribution in [-0.4, -0.2) is 16.2 Å². The van der Waals surface area contributed by atoms with Crippen molar-refractivity contribution < 1.29 is 0 Å². The van der Waals surface area contributed by atoms with Crippen LogP contribution < -0.4 is 5.32 Å². The van der Waals surface area contributed by atoms with Gasteiger partial charge in [0.25, 0.3) is 0 Å².